The zero-order valence-corrected chi connectivity index (χ0v) is 11.1. The van der Waals surface area contributed by atoms with Gasteiger partial charge in [0, 0.05) is 6.54 Å². The van der Waals surface area contributed by atoms with Crippen LogP contribution in [0.1, 0.15) is 24.2 Å². The van der Waals surface area contributed by atoms with Gasteiger partial charge in [-0.25, -0.2) is 4.79 Å². The van der Waals surface area contributed by atoms with Crippen molar-refractivity contribution in [3.8, 4) is 0 Å². The Morgan fingerprint density at radius 2 is 2.12 bits per heavy atom. The number of hydrogen-bond acceptors (Lipinski definition) is 4. The number of ether oxygens (including phenoxy) is 1. The summed E-state index contributed by atoms with van der Waals surface area (Å²) in [6, 6.07) is 5.11. The first-order chi connectivity index (χ1) is 7.54. The number of carbonyl (C=O) groups is 1. The normalized spacial score (nSPS) is 9.65. The van der Waals surface area contributed by atoms with Crippen molar-refractivity contribution in [1.29, 1.82) is 0 Å². The van der Waals surface area contributed by atoms with Gasteiger partial charge < -0.3 is 15.8 Å². The van der Waals surface area contributed by atoms with Gasteiger partial charge in [0.1, 0.15) is 0 Å². The van der Waals surface area contributed by atoms with E-state index >= 15 is 0 Å². The predicted octanol–water partition coefficient (Wildman–Crippen LogP) is 2.55. The smallest absolute Gasteiger partial charge is 0.337 e. The third-order valence-corrected chi connectivity index (χ3v) is 2.17. The Labute approximate surface area is 108 Å². The fraction of sp³-hybridized carbons (Fsp3) is 0.417. The van der Waals surface area contributed by atoms with E-state index in [0.717, 1.165) is 12.2 Å². The summed E-state index contributed by atoms with van der Waals surface area (Å²) in [6.45, 7) is 5.08. The topological polar surface area (TPSA) is 64.3 Å². The van der Waals surface area contributed by atoms with Crippen LogP contribution in [0.15, 0.2) is 18.2 Å². The minimum Gasteiger partial charge on any atom is -0.465 e. The molecule has 0 aromatic heterocycles. The van der Waals surface area contributed by atoms with Crippen LogP contribution in [0.2, 0.25) is 0 Å². The number of rotatable bonds is 4. The van der Waals surface area contributed by atoms with Crippen molar-refractivity contribution < 1.29 is 9.53 Å². The maximum atomic E-state index is 11.2. The molecule has 0 radical (unpaired) electrons. The summed E-state index contributed by atoms with van der Waals surface area (Å²) in [5, 5.41) is 3.22. The second-order valence-corrected chi connectivity index (χ2v) is 4.07. The second kappa shape index (κ2) is 7.01. The summed E-state index contributed by atoms with van der Waals surface area (Å²) in [5.74, 6) is 0.168. The van der Waals surface area contributed by atoms with Gasteiger partial charge in [-0.2, -0.15) is 0 Å². The Morgan fingerprint density at radius 3 is 2.59 bits per heavy atom. The largest absolute Gasteiger partial charge is 0.465 e. The van der Waals surface area contributed by atoms with Crippen molar-refractivity contribution in [2.24, 2.45) is 5.92 Å². The molecule has 1 aromatic rings. The molecule has 0 saturated carbocycles. The molecule has 17 heavy (non-hydrogen) atoms. The molecule has 5 heteroatoms. The zero-order chi connectivity index (χ0) is 12.1. The van der Waals surface area contributed by atoms with Crippen molar-refractivity contribution >= 4 is 29.8 Å². The van der Waals surface area contributed by atoms with Gasteiger partial charge in [-0.15, -0.1) is 12.4 Å². The van der Waals surface area contributed by atoms with Crippen molar-refractivity contribution in [3.63, 3.8) is 0 Å². The molecular weight excluding hydrogens is 240 g/mol. The summed E-state index contributed by atoms with van der Waals surface area (Å²) in [5.41, 5.74) is 7.70. The fourth-order valence-electron chi connectivity index (χ4n) is 1.28. The molecule has 3 N–H and O–H groups in total. The average Bonchev–Trinajstić information content (AvgIpc) is 2.26. The predicted molar refractivity (Wildman–Crippen MR) is 72.8 cm³/mol. The zero-order valence-electron chi connectivity index (χ0n) is 10.3. The molecule has 0 aliphatic carbocycles. The number of esters is 1. The molecule has 0 unspecified atom stereocenters. The van der Waals surface area contributed by atoms with Crippen LogP contribution in [-0.2, 0) is 4.74 Å². The van der Waals surface area contributed by atoms with E-state index in [1.54, 1.807) is 18.2 Å². The molecule has 0 heterocycles. The summed E-state index contributed by atoms with van der Waals surface area (Å²) < 4.78 is 4.61. The molecule has 4 nitrogen and oxygen atoms in total. The first kappa shape index (κ1) is 15.6. The van der Waals surface area contributed by atoms with Crippen molar-refractivity contribution in [2.75, 3.05) is 24.7 Å². The molecule has 0 aliphatic rings. The van der Waals surface area contributed by atoms with Gasteiger partial charge in [0.25, 0.3) is 0 Å². The number of anilines is 2. The molecule has 1 aromatic carbocycles. The summed E-state index contributed by atoms with van der Waals surface area (Å²) in [6.07, 6.45) is 0. The summed E-state index contributed by atoms with van der Waals surface area (Å²) in [7, 11) is 1.35. The lowest BCUT2D eigenvalue weighted by Crippen LogP contribution is -2.10. The van der Waals surface area contributed by atoms with E-state index in [0.29, 0.717) is 17.2 Å². The van der Waals surface area contributed by atoms with Crippen molar-refractivity contribution in [2.45, 2.75) is 13.8 Å². The van der Waals surface area contributed by atoms with Gasteiger partial charge >= 0.3 is 5.97 Å². The quantitative estimate of drug-likeness (QED) is 0.644. The Kier molecular flexibility index (Phi) is 6.43. The average molecular weight is 259 g/mol. The van der Waals surface area contributed by atoms with E-state index in [2.05, 4.69) is 23.9 Å². The van der Waals surface area contributed by atoms with Crippen LogP contribution in [-0.4, -0.2) is 19.6 Å². The minimum atomic E-state index is -0.373. The third kappa shape index (κ3) is 4.53. The molecule has 1 rings (SSSR count). The lowest BCUT2D eigenvalue weighted by atomic mass is 10.1. The second-order valence-electron chi connectivity index (χ2n) is 4.07. The van der Waals surface area contributed by atoms with Crippen LogP contribution in [0, 0.1) is 5.92 Å². The van der Waals surface area contributed by atoms with E-state index in [1.165, 1.54) is 7.11 Å². The Morgan fingerprint density at radius 1 is 1.47 bits per heavy atom. The number of carbonyl (C=O) groups excluding carboxylic acids is 1. The molecular formula is C12H19ClN2O2. The van der Waals surface area contributed by atoms with Gasteiger partial charge in [0.15, 0.2) is 0 Å². The molecule has 0 saturated heterocycles. The first-order valence-electron chi connectivity index (χ1n) is 5.26. The fourth-order valence-corrected chi connectivity index (χ4v) is 1.28. The number of nitrogen functional groups attached to an aromatic ring is 1. The van der Waals surface area contributed by atoms with Gasteiger partial charge in [0.05, 0.1) is 24.0 Å². The number of halogens is 1. The highest BCUT2D eigenvalue weighted by Gasteiger charge is 2.07. The van der Waals surface area contributed by atoms with E-state index in [-0.39, 0.29) is 18.4 Å². The number of nitrogens with one attached hydrogen (secondary N) is 1. The highest BCUT2D eigenvalue weighted by Crippen LogP contribution is 2.20. The number of methoxy groups -OCH3 is 1. The number of hydrogen-bond donors (Lipinski definition) is 2. The molecule has 0 aliphatic heterocycles. The molecule has 0 amide bonds. The minimum absolute atomic E-state index is 0. The maximum Gasteiger partial charge on any atom is 0.337 e. The Hall–Kier alpha value is -1.42. The summed E-state index contributed by atoms with van der Waals surface area (Å²) in [4.78, 5) is 11.2. The molecule has 0 fully saturated rings. The Balaban J connectivity index is 0.00000256. The SMILES string of the molecule is COC(=O)c1ccc(NCC(C)C)c(N)c1.Cl. The molecule has 0 atom stereocenters. The Bertz CT molecular complexity index is 381. The first-order valence-corrected chi connectivity index (χ1v) is 5.26. The van der Waals surface area contributed by atoms with Crippen LogP contribution in [0.3, 0.4) is 0 Å². The van der Waals surface area contributed by atoms with E-state index in [9.17, 15) is 4.79 Å². The van der Waals surface area contributed by atoms with Gasteiger partial charge in [-0.05, 0) is 24.1 Å². The van der Waals surface area contributed by atoms with Crippen LogP contribution in [0.4, 0.5) is 11.4 Å². The molecule has 0 bridgehead atoms. The highest BCUT2D eigenvalue weighted by molar-refractivity contribution is 5.91. The van der Waals surface area contributed by atoms with Gasteiger partial charge in [0.2, 0.25) is 0 Å². The standard InChI is InChI=1S/C12H18N2O2.ClH/c1-8(2)7-14-11-5-4-9(6-10(11)13)12(15)16-3;/h4-6,8,14H,7,13H2,1-3H3;1H. The number of nitrogens with two attached hydrogens (primary N) is 1. The van der Waals surface area contributed by atoms with Crippen LogP contribution < -0.4 is 11.1 Å². The number of benzene rings is 1. The van der Waals surface area contributed by atoms with Crippen LogP contribution in [0.25, 0.3) is 0 Å². The van der Waals surface area contributed by atoms with E-state index in [4.69, 9.17) is 5.73 Å². The van der Waals surface area contributed by atoms with Crippen LogP contribution in [0.5, 0.6) is 0 Å². The van der Waals surface area contributed by atoms with E-state index in [1.807, 2.05) is 0 Å². The van der Waals surface area contributed by atoms with Gasteiger partial charge in [-0.1, -0.05) is 13.8 Å². The van der Waals surface area contributed by atoms with Crippen LogP contribution >= 0.6 is 12.4 Å². The molecule has 0 spiro atoms. The third-order valence-electron chi connectivity index (χ3n) is 2.17. The lowest BCUT2D eigenvalue weighted by molar-refractivity contribution is 0.0601. The maximum absolute atomic E-state index is 11.2. The highest BCUT2D eigenvalue weighted by atomic mass is 35.5. The lowest BCUT2D eigenvalue weighted by Gasteiger charge is -2.12. The van der Waals surface area contributed by atoms with E-state index < -0.39 is 0 Å². The van der Waals surface area contributed by atoms with Gasteiger partial charge in [-0.3, -0.25) is 0 Å². The monoisotopic (exact) mass is 258 g/mol. The summed E-state index contributed by atoms with van der Waals surface area (Å²) >= 11 is 0. The van der Waals surface area contributed by atoms with Crippen molar-refractivity contribution in [1.82, 2.24) is 0 Å². The van der Waals surface area contributed by atoms with Crippen molar-refractivity contribution in [3.05, 3.63) is 23.8 Å². The molecule has 96 valence electrons.